The monoisotopic (exact) mass is 300 g/mol. The summed E-state index contributed by atoms with van der Waals surface area (Å²) in [5.41, 5.74) is 4.04. The second-order valence-electron chi connectivity index (χ2n) is 4.77. The Morgan fingerprint density at radius 2 is 2.12 bits per heavy atom. The Hall–Kier alpha value is -0.450. The summed E-state index contributed by atoms with van der Waals surface area (Å²) in [6.45, 7) is 0. The summed E-state index contributed by atoms with van der Waals surface area (Å²) < 4.78 is 13.7. The molecule has 2 rings (SSSR count). The molecule has 1 aliphatic carbocycles. The molecule has 0 spiro atoms. The number of nitrogens with one attached hydrogen (secondary N) is 1. The van der Waals surface area contributed by atoms with E-state index in [-0.39, 0.29) is 5.82 Å². The predicted molar refractivity (Wildman–Crippen MR) is 70.9 cm³/mol. The van der Waals surface area contributed by atoms with Crippen molar-refractivity contribution in [2.45, 2.75) is 38.1 Å². The van der Waals surface area contributed by atoms with E-state index in [9.17, 15) is 4.39 Å². The fourth-order valence-electron chi connectivity index (χ4n) is 2.64. The number of hydrogen-bond donors (Lipinski definition) is 2. The molecule has 1 aromatic rings. The van der Waals surface area contributed by atoms with Crippen LogP contribution in [0.2, 0.25) is 0 Å². The molecule has 0 radical (unpaired) electrons. The molecular weight excluding hydrogens is 283 g/mol. The number of nitrogens with two attached hydrogens (primary N) is 1. The van der Waals surface area contributed by atoms with Gasteiger partial charge < -0.3 is 0 Å². The van der Waals surface area contributed by atoms with Crippen molar-refractivity contribution in [1.29, 1.82) is 0 Å². The smallest absolute Gasteiger partial charge is 0.137 e. The second kappa shape index (κ2) is 5.94. The van der Waals surface area contributed by atoms with Crippen molar-refractivity contribution in [3.63, 3.8) is 0 Å². The lowest BCUT2D eigenvalue weighted by molar-refractivity contribution is 0.361. The third-order valence-electron chi connectivity index (χ3n) is 3.62. The van der Waals surface area contributed by atoms with Crippen molar-refractivity contribution in [2.75, 3.05) is 0 Å². The van der Waals surface area contributed by atoms with Gasteiger partial charge in [-0.1, -0.05) is 18.9 Å². The molecule has 94 valence electrons. The van der Waals surface area contributed by atoms with Crippen molar-refractivity contribution in [2.24, 2.45) is 11.8 Å². The van der Waals surface area contributed by atoms with Crippen molar-refractivity contribution >= 4 is 15.9 Å². The molecule has 1 unspecified atom stereocenters. The largest absolute Gasteiger partial charge is 0.271 e. The molecule has 1 aromatic carbocycles. The van der Waals surface area contributed by atoms with Gasteiger partial charge in [0.05, 0.1) is 4.47 Å². The lowest BCUT2D eigenvalue weighted by atomic mass is 9.93. The van der Waals surface area contributed by atoms with Gasteiger partial charge in [0.15, 0.2) is 0 Å². The van der Waals surface area contributed by atoms with E-state index in [2.05, 4.69) is 21.4 Å². The van der Waals surface area contributed by atoms with Gasteiger partial charge in [-0.05, 0) is 58.8 Å². The molecule has 0 heterocycles. The first kappa shape index (κ1) is 13.0. The highest BCUT2D eigenvalue weighted by molar-refractivity contribution is 9.10. The number of rotatable bonds is 4. The van der Waals surface area contributed by atoms with E-state index in [1.807, 2.05) is 12.1 Å². The van der Waals surface area contributed by atoms with E-state index in [1.165, 1.54) is 31.7 Å². The number of hydrazine groups is 1. The minimum atomic E-state index is -0.216. The lowest BCUT2D eigenvalue weighted by Crippen LogP contribution is -2.41. The van der Waals surface area contributed by atoms with Crippen LogP contribution in [0.5, 0.6) is 0 Å². The van der Waals surface area contributed by atoms with Crippen molar-refractivity contribution in [1.82, 2.24) is 5.43 Å². The third-order valence-corrected chi connectivity index (χ3v) is 4.23. The maximum atomic E-state index is 13.1. The Morgan fingerprint density at radius 1 is 1.41 bits per heavy atom. The molecule has 0 amide bonds. The second-order valence-corrected chi connectivity index (χ2v) is 5.62. The highest BCUT2D eigenvalue weighted by Gasteiger charge is 2.24. The van der Waals surface area contributed by atoms with Gasteiger partial charge in [-0.3, -0.25) is 11.3 Å². The third kappa shape index (κ3) is 3.27. The standard InChI is InChI=1S/C13H18BrFN2/c14-11-7-9(5-6-12(11)15)8-13(17-16)10-3-1-2-4-10/h5-7,10,13,17H,1-4,8,16H2. The lowest BCUT2D eigenvalue weighted by Gasteiger charge is -2.22. The van der Waals surface area contributed by atoms with Crippen molar-refractivity contribution in [3.05, 3.63) is 34.1 Å². The summed E-state index contributed by atoms with van der Waals surface area (Å²) in [7, 11) is 0. The zero-order valence-electron chi connectivity index (χ0n) is 9.76. The topological polar surface area (TPSA) is 38.0 Å². The first-order chi connectivity index (χ1) is 8.20. The van der Waals surface area contributed by atoms with Gasteiger partial charge in [-0.2, -0.15) is 0 Å². The Kier molecular flexibility index (Phi) is 4.54. The zero-order valence-corrected chi connectivity index (χ0v) is 11.3. The van der Waals surface area contributed by atoms with Gasteiger partial charge in [0.2, 0.25) is 0 Å². The van der Waals surface area contributed by atoms with Crippen LogP contribution in [-0.2, 0) is 6.42 Å². The summed E-state index contributed by atoms with van der Waals surface area (Å²) in [4.78, 5) is 0. The van der Waals surface area contributed by atoms with Crippen LogP contribution in [-0.4, -0.2) is 6.04 Å². The Labute approximate surface area is 110 Å². The molecule has 1 aliphatic rings. The quantitative estimate of drug-likeness (QED) is 0.662. The molecule has 3 N–H and O–H groups in total. The molecule has 0 saturated heterocycles. The molecule has 1 atom stereocenters. The van der Waals surface area contributed by atoms with Gasteiger partial charge in [-0.25, -0.2) is 4.39 Å². The van der Waals surface area contributed by atoms with Crippen molar-refractivity contribution in [3.8, 4) is 0 Å². The van der Waals surface area contributed by atoms with Gasteiger partial charge in [0, 0.05) is 6.04 Å². The van der Waals surface area contributed by atoms with Crippen LogP contribution in [0.4, 0.5) is 4.39 Å². The Morgan fingerprint density at radius 3 is 2.71 bits per heavy atom. The average molecular weight is 301 g/mol. The highest BCUT2D eigenvalue weighted by Crippen LogP contribution is 2.29. The van der Waals surface area contributed by atoms with Crippen LogP contribution < -0.4 is 11.3 Å². The molecule has 2 nitrogen and oxygen atoms in total. The van der Waals surface area contributed by atoms with Crippen LogP contribution in [0.25, 0.3) is 0 Å². The van der Waals surface area contributed by atoms with Crippen LogP contribution >= 0.6 is 15.9 Å². The predicted octanol–water partition coefficient (Wildman–Crippen LogP) is 3.15. The molecule has 0 aromatic heterocycles. The van der Waals surface area contributed by atoms with E-state index in [4.69, 9.17) is 5.84 Å². The Bertz CT molecular complexity index is 378. The number of halogens is 2. The molecule has 4 heteroatoms. The molecule has 17 heavy (non-hydrogen) atoms. The highest BCUT2D eigenvalue weighted by atomic mass is 79.9. The van der Waals surface area contributed by atoms with Gasteiger partial charge >= 0.3 is 0 Å². The summed E-state index contributed by atoms with van der Waals surface area (Å²) in [5, 5.41) is 0. The first-order valence-corrected chi connectivity index (χ1v) is 6.90. The number of benzene rings is 1. The van der Waals surface area contributed by atoms with Gasteiger partial charge in [0.25, 0.3) is 0 Å². The Balaban J connectivity index is 2.04. The van der Waals surface area contributed by atoms with Crippen molar-refractivity contribution < 1.29 is 4.39 Å². The van der Waals surface area contributed by atoms with Gasteiger partial charge in [0.1, 0.15) is 5.82 Å². The minimum absolute atomic E-state index is 0.216. The fraction of sp³-hybridized carbons (Fsp3) is 0.538. The molecular formula is C13H18BrFN2. The van der Waals surface area contributed by atoms with E-state index < -0.39 is 0 Å². The molecule has 1 fully saturated rings. The van der Waals surface area contributed by atoms with E-state index >= 15 is 0 Å². The maximum absolute atomic E-state index is 13.1. The van der Waals surface area contributed by atoms with E-state index in [0.29, 0.717) is 16.4 Å². The van der Waals surface area contributed by atoms with Crippen LogP contribution in [0.1, 0.15) is 31.2 Å². The number of hydrogen-bond acceptors (Lipinski definition) is 2. The fourth-order valence-corrected chi connectivity index (χ4v) is 3.07. The molecule has 0 aliphatic heterocycles. The average Bonchev–Trinajstić information content (AvgIpc) is 2.84. The molecule has 0 bridgehead atoms. The van der Waals surface area contributed by atoms with Crippen LogP contribution in [0.15, 0.2) is 22.7 Å². The minimum Gasteiger partial charge on any atom is -0.271 e. The SMILES string of the molecule is NNC(Cc1ccc(F)c(Br)c1)C1CCCC1. The normalized spacial score (nSPS) is 18.5. The maximum Gasteiger partial charge on any atom is 0.137 e. The molecule has 1 saturated carbocycles. The van der Waals surface area contributed by atoms with Gasteiger partial charge in [-0.15, -0.1) is 0 Å². The summed E-state index contributed by atoms with van der Waals surface area (Å²) >= 11 is 3.21. The summed E-state index contributed by atoms with van der Waals surface area (Å²) in [6, 6.07) is 5.48. The van der Waals surface area contributed by atoms with E-state index in [1.54, 1.807) is 0 Å². The van der Waals surface area contributed by atoms with Crippen LogP contribution in [0, 0.1) is 11.7 Å². The summed E-state index contributed by atoms with van der Waals surface area (Å²) in [6.07, 6.45) is 5.96. The van der Waals surface area contributed by atoms with E-state index in [0.717, 1.165) is 12.0 Å². The zero-order chi connectivity index (χ0) is 12.3. The summed E-state index contributed by atoms with van der Waals surface area (Å²) in [5.74, 6) is 6.07. The first-order valence-electron chi connectivity index (χ1n) is 6.10. The van der Waals surface area contributed by atoms with Crippen LogP contribution in [0.3, 0.4) is 0 Å².